The fraction of sp³-hybridized carbons (Fsp3) is 0.200. The number of hydrogen-bond acceptors (Lipinski definition) is 3. The molecule has 0 fully saturated rings. The van der Waals surface area contributed by atoms with Gasteiger partial charge in [-0.15, -0.1) is 0 Å². The first-order valence-electron chi connectivity index (χ1n) is 8.87. The number of benzene rings is 2. The number of halogens is 1. The number of anilines is 1. The second-order valence-electron chi connectivity index (χ2n) is 6.67. The fourth-order valence-electron chi connectivity index (χ4n) is 3.45. The van der Waals surface area contributed by atoms with Crippen LogP contribution in [0.15, 0.2) is 64.2 Å². The number of hydrogen-bond donors (Lipinski definition) is 3. The molecule has 1 aliphatic heterocycles. The van der Waals surface area contributed by atoms with Gasteiger partial charge in [-0.1, -0.05) is 48.0 Å². The van der Waals surface area contributed by atoms with Crippen molar-refractivity contribution in [3.8, 4) is 5.69 Å². The summed E-state index contributed by atoms with van der Waals surface area (Å²) in [7, 11) is 0. The van der Waals surface area contributed by atoms with Crippen LogP contribution in [0.1, 0.15) is 11.1 Å². The van der Waals surface area contributed by atoms with E-state index in [9.17, 15) is 9.59 Å². The van der Waals surface area contributed by atoms with Gasteiger partial charge >= 0.3 is 5.69 Å². The van der Waals surface area contributed by atoms with Crippen molar-refractivity contribution in [3.05, 3.63) is 91.6 Å². The predicted octanol–water partition coefficient (Wildman–Crippen LogP) is 1.19. The van der Waals surface area contributed by atoms with Gasteiger partial charge in [0.05, 0.1) is 12.2 Å². The quantitative estimate of drug-likeness (QED) is 0.633. The van der Waals surface area contributed by atoms with Crippen molar-refractivity contribution in [1.29, 1.82) is 0 Å². The number of nitrogens with zero attached hydrogens (tertiary/aromatic N) is 1. The summed E-state index contributed by atoms with van der Waals surface area (Å²) in [4.78, 5) is 28.5. The Morgan fingerprint density at radius 2 is 1.89 bits per heavy atom. The smallest absolute Gasteiger partial charge is 0.324 e. The minimum absolute atomic E-state index is 0.335. The van der Waals surface area contributed by atoms with Crippen molar-refractivity contribution >= 4 is 17.4 Å². The maximum atomic E-state index is 12.4. The van der Waals surface area contributed by atoms with E-state index < -0.39 is 5.69 Å². The summed E-state index contributed by atoms with van der Waals surface area (Å²) in [6.07, 6.45) is 0.930. The maximum absolute atomic E-state index is 12.4. The Balaban J connectivity index is 1.63. The van der Waals surface area contributed by atoms with Crippen molar-refractivity contribution in [1.82, 2.24) is 9.55 Å². The van der Waals surface area contributed by atoms with E-state index in [1.54, 1.807) is 24.3 Å². The van der Waals surface area contributed by atoms with Gasteiger partial charge in [0.25, 0.3) is 5.56 Å². The standard InChI is InChI=1S/C20H19ClN4O2/c21-15-7-4-8-16(11-15)25-18-17(19(26)23-20(25)27)12-24(13-22-18)10-9-14-5-2-1-3-6-14/h1-8,11,22H,9-10,12-13H2,(H,23,26,27)/p+1. The molecule has 138 valence electrons. The van der Waals surface area contributed by atoms with Crippen LogP contribution in [-0.2, 0) is 13.0 Å². The normalized spacial score (nSPS) is 15.8. The summed E-state index contributed by atoms with van der Waals surface area (Å²) in [5, 5.41) is 3.81. The second-order valence-corrected chi connectivity index (χ2v) is 7.10. The molecule has 1 aromatic heterocycles. The predicted molar refractivity (Wildman–Crippen MR) is 106 cm³/mol. The van der Waals surface area contributed by atoms with E-state index in [1.165, 1.54) is 15.0 Å². The van der Waals surface area contributed by atoms with Crippen molar-refractivity contribution in [3.63, 3.8) is 0 Å². The molecule has 3 aromatic rings. The zero-order chi connectivity index (χ0) is 18.8. The molecule has 1 unspecified atom stereocenters. The Morgan fingerprint density at radius 3 is 2.67 bits per heavy atom. The first kappa shape index (κ1) is 17.6. The van der Waals surface area contributed by atoms with Gasteiger partial charge in [-0.05, 0) is 23.8 Å². The number of rotatable bonds is 4. The molecular formula is C20H20ClN4O2+. The number of H-pyrrole nitrogens is 1. The lowest BCUT2D eigenvalue weighted by molar-refractivity contribution is -0.912. The Labute approximate surface area is 161 Å². The van der Waals surface area contributed by atoms with E-state index in [0.717, 1.165) is 13.0 Å². The molecule has 0 saturated carbocycles. The lowest BCUT2D eigenvalue weighted by atomic mass is 10.1. The van der Waals surface area contributed by atoms with Crippen molar-refractivity contribution < 1.29 is 4.90 Å². The second kappa shape index (κ2) is 7.42. The third kappa shape index (κ3) is 3.67. The summed E-state index contributed by atoms with van der Waals surface area (Å²) in [5.41, 5.74) is 1.68. The molecule has 0 spiro atoms. The molecule has 4 rings (SSSR count). The Bertz CT molecular complexity index is 1080. The monoisotopic (exact) mass is 383 g/mol. The Kier molecular flexibility index (Phi) is 4.83. The number of aromatic amines is 1. The molecule has 27 heavy (non-hydrogen) atoms. The van der Waals surface area contributed by atoms with E-state index in [1.807, 2.05) is 18.2 Å². The topological polar surface area (TPSA) is 71.3 Å². The molecule has 2 aromatic carbocycles. The van der Waals surface area contributed by atoms with Gasteiger partial charge in [-0.2, -0.15) is 0 Å². The molecule has 1 atom stereocenters. The van der Waals surface area contributed by atoms with Gasteiger partial charge < -0.3 is 10.2 Å². The highest BCUT2D eigenvalue weighted by atomic mass is 35.5. The van der Waals surface area contributed by atoms with Gasteiger partial charge in [-0.3, -0.25) is 9.78 Å². The van der Waals surface area contributed by atoms with Crippen LogP contribution >= 0.6 is 11.6 Å². The van der Waals surface area contributed by atoms with Crippen LogP contribution in [0, 0.1) is 0 Å². The molecule has 0 bridgehead atoms. The third-order valence-electron chi connectivity index (χ3n) is 4.82. The first-order chi connectivity index (χ1) is 13.1. The van der Waals surface area contributed by atoms with Crippen LogP contribution in [0.5, 0.6) is 0 Å². The van der Waals surface area contributed by atoms with Crippen LogP contribution in [0.3, 0.4) is 0 Å². The molecule has 6 nitrogen and oxygen atoms in total. The zero-order valence-corrected chi connectivity index (χ0v) is 15.4. The molecule has 2 heterocycles. The lowest BCUT2D eigenvalue weighted by Crippen LogP contribution is -3.13. The van der Waals surface area contributed by atoms with E-state index in [0.29, 0.717) is 35.3 Å². The van der Waals surface area contributed by atoms with Crippen LogP contribution in [0.25, 0.3) is 5.69 Å². The summed E-state index contributed by atoms with van der Waals surface area (Å²) in [5.74, 6) is 0.550. The van der Waals surface area contributed by atoms with Crippen molar-refractivity contribution in [2.45, 2.75) is 13.0 Å². The van der Waals surface area contributed by atoms with Crippen molar-refractivity contribution in [2.75, 3.05) is 18.5 Å². The molecule has 0 radical (unpaired) electrons. The van der Waals surface area contributed by atoms with Crippen LogP contribution in [0.4, 0.5) is 5.82 Å². The highest BCUT2D eigenvalue weighted by Gasteiger charge is 2.25. The number of aromatic nitrogens is 2. The molecule has 0 saturated heterocycles. The van der Waals surface area contributed by atoms with Gasteiger partial charge in [0.1, 0.15) is 17.9 Å². The van der Waals surface area contributed by atoms with E-state index >= 15 is 0 Å². The minimum atomic E-state index is -0.471. The summed E-state index contributed by atoms with van der Waals surface area (Å²) in [6.45, 7) is 2.10. The minimum Gasteiger partial charge on any atom is -0.324 e. The maximum Gasteiger partial charge on any atom is 0.334 e. The summed E-state index contributed by atoms with van der Waals surface area (Å²) in [6, 6.07) is 17.3. The number of quaternary nitrogens is 1. The molecule has 7 heteroatoms. The van der Waals surface area contributed by atoms with Gasteiger partial charge in [-0.25, -0.2) is 9.36 Å². The zero-order valence-electron chi connectivity index (χ0n) is 14.7. The number of fused-ring (bicyclic) bond motifs is 1. The molecule has 0 amide bonds. The average Bonchev–Trinajstić information content (AvgIpc) is 2.67. The molecular weight excluding hydrogens is 364 g/mol. The first-order valence-corrected chi connectivity index (χ1v) is 9.25. The average molecular weight is 384 g/mol. The molecule has 0 aliphatic carbocycles. The summed E-state index contributed by atoms with van der Waals surface area (Å²) < 4.78 is 1.48. The Hall–Kier alpha value is -2.83. The van der Waals surface area contributed by atoms with Crippen molar-refractivity contribution in [2.24, 2.45) is 0 Å². The highest BCUT2D eigenvalue weighted by Crippen LogP contribution is 2.19. The van der Waals surface area contributed by atoms with Crippen LogP contribution < -0.4 is 21.5 Å². The van der Waals surface area contributed by atoms with Crippen LogP contribution in [0.2, 0.25) is 5.02 Å². The molecule has 3 N–H and O–H groups in total. The largest absolute Gasteiger partial charge is 0.334 e. The highest BCUT2D eigenvalue weighted by molar-refractivity contribution is 6.30. The molecule has 1 aliphatic rings. The van der Waals surface area contributed by atoms with E-state index in [-0.39, 0.29) is 5.56 Å². The van der Waals surface area contributed by atoms with Crippen LogP contribution in [-0.4, -0.2) is 22.8 Å². The number of nitrogens with one attached hydrogen (secondary N) is 3. The summed E-state index contributed by atoms with van der Waals surface area (Å²) >= 11 is 6.07. The SMILES string of the molecule is O=c1[nH]c(=O)n(-c2cccc(Cl)c2)c2c1C[NH+](CCc1ccccc1)CN2. The van der Waals surface area contributed by atoms with E-state index in [4.69, 9.17) is 11.6 Å². The fourth-order valence-corrected chi connectivity index (χ4v) is 3.63. The Morgan fingerprint density at radius 1 is 1.07 bits per heavy atom. The lowest BCUT2D eigenvalue weighted by Gasteiger charge is -2.28. The van der Waals surface area contributed by atoms with E-state index in [2.05, 4.69) is 22.4 Å². The third-order valence-corrected chi connectivity index (χ3v) is 5.05. The van der Waals surface area contributed by atoms with Gasteiger partial charge in [0.15, 0.2) is 6.67 Å². The van der Waals surface area contributed by atoms with Gasteiger partial charge in [0.2, 0.25) is 0 Å². The van der Waals surface area contributed by atoms with Gasteiger partial charge in [0, 0.05) is 11.4 Å².